The maximum atomic E-state index is 3.02. The summed E-state index contributed by atoms with van der Waals surface area (Å²) in [6, 6.07) is 0. The van der Waals surface area contributed by atoms with E-state index in [0.717, 1.165) is 0 Å². The first kappa shape index (κ1) is 7.34. The quantitative estimate of drug-likeness (QED) is 0.566. The highest BCUT2D eigenvalue weighted by Gasteiger charge is 1.80. The summed E-state index contributed by atoms with van der Waals surface area (Å²) in [7, 11) is 5.91. The average Bonchev–Trinajstić information content (AvgIpc) is 1.65. The van der Waals surface area contributed by atoms with E-state index >= 15 is 0 Å². The van der Waals surface area contributed by atoms with Crippen LogP contribution in [0, 0.1) is 0 Å². The van der Waals surface area contributed by atoms with Crippen LogP contribution in [0.1, 0.15) is 6.92 Å². The van der Waals surface area contributed by atoms with Gasteiger partial charge in [0.25, 0.3) is 0 Å². The van der Waals surface area contributed by atoms with E-state index in [0.29, 0.717) is 0 Å². The Morgan fingerprint density at radius 1 is 1.50 bits per heavy atom. The lowest BCUT2D eigenvalue weighted by atomic mass is 10.5. The molecule has 0 aliphatic carbocycles. The van der Waals surface area contributed by atoms with Crippen LogP contribution in [0.5, 0.6) is 0 Å². The lowest BCUT2D eigenvalue weighted by Crippen LogP contribution is -2.08. The molecule has 0 radical (unpaired) electrons. The van der Waals surface area contributed by atoms with E-state index < -0.39 is 0 Å². The first-order valence-corrected chi connectivity index (χ1v) is 2.69. The Bertz CT molecular complexity index is 84.5. The molecule has 8 heavy (non-hydrogen) atoms. The third kappa shape index (κ3) is 3.53. The van der Waals surface area contributed by atoms with Gasteiger partial charge in [0, 0.05) is 33.0 Å². The Kier molecular flexibility index (Phi) is 3.08. The first-order chi connectivity index (χ1) is 3.66. The van der Waals surface area contributed by atoms with Crippen LogP contribution < -0.4 is 5.32 Å². The van der Waals surface area contributed by atoms with Crippen molar-refractivity contribution in [1.29, 1.82) is 0 Å². The predicted octanol–water partition coefficient (Wildman–Crippen LogP) is 0.629. The van der Waals surface area contributed by atoms with Crippen LogP contribution in [0.4, 0.5) is 0 Å². The van der Waals surface area contributed by atoms with Crippen molar-refractivity contribution < 1.29 is 0 Å². The van der Waals surface area contributed by atoms with Crippen LogP contribution in [0.15, 0.2) is 11.9 Å². The Morgan fingerprint density at radius 3 is 2.12 bits per heavy atom. The second-order valence-corrected chi connectivity index (χ2v) is 2.03. The number of hydrogen-bond acceptors (Lipinski definition) is 2. The van der Waals surface area contributed by atoms with Gasteiger partial charge in [-0.1, -0.05) is 0 Å². The second-order valence-electron chi connectivity index (χ2n) is 2.03. The van der Waals surface area contributed by atoms with Crippen molar-refractivity contribution in [3.63, 3.8) is 0 Å². The summed E-state index contributed by atoms with van der Waals surface area (Å²) in [5.41, 5.74) is 1.18. The van der Waals surface area contributed by atoms with Crippen molar-refractivity contribution in [1.82, 2.24) is 10.2 Å². The van der Waals surface area contributed by atoms with Gasteiger partial charge in [-0.3, -0.25) is 0 Å². The van der Waals surface area contributed by atoms with Crippen LogP contribution in [0.25, 0.3) is 0 Å². The van der Waals surface area contributed by atoms with Gasteiger partial charge in [0.1, 0.15) is 0 Å². The minimum Gasteiger partial charge on any atom is -0.390 e. The monoisotopic (exact) mass is 114 g/mol. The molecule has 0 unspecified atom stereocenters. The summed E-state index contributed by atoms with van der Waals surface area (Å²) in [4.78, 5) is 2.01. The van der Waals surface area contributed by atoms with Gasteiger partial charge in [0.05, 0.1) is 0 Å². The SMILES string of the molecule is CN/C(C)=C\N(C)C. The standard InChI is InChI=1S/C6H14N2/c1-6(7-2)5-8(3)4/h5,7H,1-4H3/b6-5-. The fraction of sp³-hybridized carbons (Fsp3) is 0.667. The molecule has 2 nitrogen and oxygen atoms in total. The average molecular weight is 114 g/mol. The highest BCUT2D eigenvalue weighted by molar-refractivity contribution is 4.91. The molecule has 0 bridgehead atoms. The third-order valence-corrected chi connectivity index (χ3v) is 0.846. The number of rotatable bonds is 2. The Morgan fingerprint density at radius 2 is 2.00 bits per heavy atom. The summed E-state index contributed by atoms with van der Waals surface area (Å²) >= 11 is 0. The molecule has 0 fully saturated rings. The molecule has 1 N–H and O–H groups in total. The molecule has 0 saturated carbocycles. The molecule has 48 valence electrons. The molecular weight excluding hydrogens is 100 g/mol. The molecule has 0 rings (SSSR count). The van der Waals surface area contributed by atoms with E-state index in [4.69, 9.17) is 0 Å². The zero-order valence-electron chi connectivity index (χ0n) is 6.02. The molecular formula is C6H14N2. The molecule has 0 aromatic carbocycles. The topological polar surface area (TPSA) is 15.3 Å². The van der Waals surface area contributed by atoms with Crippen molar-refractivity contribution in [2.45, 2.75) is 6.92 Å². The maximum absolute atomic E-state index is 3.02. The fourth-order valence-corrected chi connectivity index (χ4v) is 0.452. The largest absolute Gasteiger partial charge is 0.390 e. The zero-order chi connectivity index (χ0) is 6.57. The smallest absolute Gasteiger partial charge is 0.0234 e. The lowest BCUT2D eigenvalue weighted by Gasteiger charge is -2.06. The molecule has 2 heteroatoms. The summed E-state index contributed by atoms with van der Waals surface area (Å²) in [5, 5.41) is 3.02. The van der Waals surface area contributed by atoms with E-state index in [2.05, 4.69) is 5.32 Å². The van der Waals surface area contributed by atoms with Crippen LogP contribution in [0.2, 0.25) is 0 Å². The van der Waals surface area contributed by atoms with E-state index in [1.54, 1.807) is 0 Å². The van der Waals surface area contributed by atoms with Crippen LogP contribution in [-0.2, 0) is 0 Å². The van der Waals surface area contributed by atoms with Crippen molar-refractivity contribution in [3.05, 3.63) is 11.9 Å². The first-order valence-electron chi connectivity index (χ1n) is 2.69. The van der Waals surface area contributed by atoms with Gasteiger partial charge < -0.3 is 10.2 Å². The summed E-state index contributed by atoms with van der Waals surface area (Å²) in [5.74, 6) is 0. The van der Waals surface area contributed by atoms with Crippen LogP contribution in [0.3, 0.4) is 0 Å². The van der Waals surface area contributed by atoms with Gasteiger partial charge in [-0.05, 0) is 6.92 Å². The van der Waals surface area contributed by atoms with Crippen molar-refractivity contribution in [3.8, 4) is 0 Å². The molecule has 0 saturated heterocycles. The number of hydrogen-bond donors (Lipinski definition) is 1. The van der Waals surface area contributed by atoms with Crippen LogP contribution >= 0.6 is 0 Å². The Balaban J connectivity index is 3.56. The summed E-state index contributed by atoms with van der Waals surface area (Å²) in [6.45, 7) is 2.03. The van der Waals surface area contributed by atoms with E-state index in [1.165, 1.54) is 5.70 Å². The maximum Gasteiger partial charge on any atom is 0.0234 e. The molecule has 0 aromatic rings. The van der Waals surface area contributed by atoms with Gasteiger partial charge in [-0.25, -0.2) is 0 Å². The van der Waals surface area contributed by atoms with E-state index in [9.17, 15) is 0 Å². The van der Waals surface area contributed by atoms with Crippen molar-refractivity contribution in [2.75, 3.05) is 21.1 Å². The highest BCUT2D eigenvalue weighted by atomic mass is 15.0. The van der Waals surface area contributed by atoms with Gasteiger partial charge in [-0.15, -0.1) is 0 Å². The molecule has 0 aromatic heterocycles. The summed E-state index contributed by atoms with van der Waals surface area (Å²) < 4.78 is 0. The minimum absolute atomic E-state index is 1.18. The highest BCUT2D eigenvalue weighted by Crippen LogP contribution is 1.84. The molecule has 0 aliphatic heterocycles. The fourth-order valence-electron chi connectivity index (χ4n) is 0.452. The molecule has 0 atom stereocenters. The summed E-state index contributed by atoms with van der Waals surface area (Å²) in [6.07, 6.45) is 2.03. The predicted molar refractivity (Wildman–Crippen MR) is 36.5 cm³/mol. The van der Waals surface area contributed by atoms with Gasteiger partial charge in [-0.2, -0.15) is 0 Å². The van der Waals surface area contributed by atoms with Crippen LogP contribution in [-0.4, -0.2) is 26.0 Å². The van der Waals surface area contributed by atoms with E-state index in [-0.39, 0.29) is 0 Å². The van der Waals surface area contributed by atoms with E-state index in [1.807, 2.05) is 39.2 Å². The third-order valence-electron chi connectivity index (χ3n) is 0.846. The number of nitrogens with one attached hydrogen (secondary N) is 1. The van der Waals surface area contributed by atoms with Gasteiger partial charge in [0.15, 0.2) is 0 Å². The van der Waals surface area contributed by atoms with Gasteiger partial charge >= 0.3 is 0 Å². The number of allylic oxidation sites excluding steroid dienone is 1. The number of nitrogens with zero attached hydrogens (tertiary/aromatic N) is 1. The van der Waals surface area contributed by atoms with Crippen molar-refractivity contribution in [2.24, 2.45) is 0 Å². The Hall–Kier alpha value is -0.660. The molecule has 0 spiro atoms. The second kappa shape index (κ2) is 3.36. The minimum atomic E-state index is 1.18. The molecule has 0 heterocycles. The van der Waals surface area contributed by atoms with Gasteiger partial charge in [0.2, 0.25) is 0 Å². The molecule has 0 aliphatic rings. The lowest BCUT2D eigenvalue weighted by molar-refractivity contribution is 0.553. The zero-order valence-corrected chi connectivity index (χ0v) is 6.02. The van der Waals surface area contributed by atoms with Crippen molar-refractivity contribution >= 4 is 0 Å². The molecule has 0 amide bonds. The Labute approximate surface area is 51.2 Å². The normalized spacial score (nSPS) is 11.2.